The van der Waals surface area contributed by atoms with Crippen LogP contribution in [0.25, 0.3) is 11.0 Å². The van der Waals surface area contributed by atoms with Gasteiger partial charge in [0.1, 0.15) is 5.82 Å². The zero-order chi connectivity index (χ0) is 18.8. The molecule has 1 aliphatic rings. The number of nitrogens with one attached hydrogen (secondary N) is 1. The van der Waals surface area contributed by atoms with E-state index in [-0.39, 0.29) is 11.7 Å². The van der Waals surface area contributed by atoms with Crippen molar-refractivity contribution in [3.8, 4) is 0 Å². The van der Waals surface area contributed by atoms with E-state index >= 15 is 0 Å². The van der Waals surface area contributed by atoms with Gasteiger partial charge in [-0.2, -0.15) is 16.9 Å². The van der Waals surface area contributed by atoms with Crippen LogP contribution in [0.2, 0.25) is 0 Å². The number of fused-ring (bicyclic) bond motifs is 1. The van der Waals surface area contributed by atoms with Crippen LogP contribution in [0.5, 0.6) is 0 Å². The molecule has 0 radical (unpaired) electrons. The molecule has 0 spiro atoms. The fraction of sp³-hybridized carbons (Fsp3) is 0.368. The van der Waals surface area contributed by atoms with Crippen LogP contribution in [0.1, 0.15) is 21.7 Å². The van der Waals surface area contributed by atoms with E-state index in [9.17, 15) is 4.79 Å². The van der Waals surface area contributed by atoms with Crippen molar-refractivity contribution >= 4 is 34.5 Å². The van der Waals surface area contributed by atoms with Crippen molar-refractivity contribution in [2.24, 2.45) is 7.05 Å². The Morgan fingerprint density at radius 3 is 2.67 bits per heavy atom. The van der Waals surface area contributed by atoms with Gasteiger partial charge in [0, 0.05) is 44.4 Å². The molecular formula is C19H22N6OS. The highest BCUT2D eigenvalue weighted by Gasteiger charge is 2.21. The SMILES string of the molecule is Cc1ccc(CNC(=O)c2nc(N3CCSCC3)c3cn(C)nc3n2)cc1. The molecule has 140 valence electrons. The lowest BCUT2D eigenvalue weighted by Gasteiger charge is -2.27. The molecule has 3 heterocycles. The molecule has 0 unspecified atom stereocenters. The van der Waals surface area contributed by atoms with Gasteiger partial charge >= 0.3 is 0 Å². The van der Waals surface area contributed by atoms with Crippen LogP contribution in [-0.4, -0.2) is 50.3 Å². The first-order valence-corrected chi connectivity index (χ1v) is 10.1. The van der Waals surface area contributed by atoms with Crippen molar-refractivity contribution in [1.29, 1.82) is 0 Å². The molecule has 8 heteroatoms. The molecule has 1 aromatic carbocycles. The number of hydrogen-bond acceptors (Lipinski definition) is 6. The number of carbonyl (C=O) groups is 1. The van der Waals surface area contributed by atoms with Crippen LogP contribution >= 0.6 is 11.8 Å². The summed E-state index contributed by atoms with van der Waals surface area (Å²) in [4.78, 5) is 23.9. The van der Waals surface area contributed by atoms with Crippen molar-refractivity contribution in [3.05, 3.63) is 47.4 Å². The Bertz CT molecular complexity index is 962. The molecule has 0 saturated carbocycles. The third kappa shape index (κ3) is 3.90. The molecule has 0 atom stereocenters. The maximum absolute atomic E-state index is 12.7. The van der Waals surface area contributed by atoms with E-state index in [1.54, 1.807) is 4.68 Å². The van der Waals surface area contributed by atoms with E-state index in [0.717, 1.165) is 41.4 Å². The molecule has 0 aliphatic carbocycles. The van der Waals surface area contributed by atoms with Crippen LogP contribution in [0.15, 0.2) is 30.5 Å². The molecule has 7 nitrogen and oxygen atoms in total. The van der Waals surface area contributed by atoms with Crippen molar-refractivity contribution in [1.82, 2.24) is 25.1 Å². The summed E-state index contributed by atoms with van der Waals surface area (Å²) in [6, 6.07) is 8.08. The van der Waals surface area contributed by atoms with Gasteiger partial charge in [0.2, 0.25) is 5.82 Å². The van der Waals surface area contributed by atoms with Gasteiger partial charge in [0.15, 0.2) is 5.65 Å². The lowest BCUT2D eigenvalue weighted by atomic mass is 10.1. The van der Waals surface area contributed by atoms with Crippen molar-refractivity contribution in [3.63, 3.8) is 0 Å². The molecule has 1 amide bonds. The molecule has 1 aliphatic heterocycles. The van der Waals surface area contributed by atoms with Gasteiger partial charge < -0.3 is 10.2 Å². The number of benzene rings is 1. The van der Waals surface area contributed by atoms with Gasteiger partial charge in [-0.1, -0.05) is 29.8 Å². The zero-order valence-electron chi connectivity index (χ0n) is 15.5. The van der Waals surface area contributed by atoms with E-state index in [1.807, 2.05) is 56.2 Å². The molecule has 1 saturated heterocycles. The van der Waals surface area contributed by atoms with Crippen LogP contribution in [0.4, 0.5) is 5.82 Å². The molecule has 3 aromatic rings. The molecule has 4 rings (SSSR count). The molecular weight excluding hydrogens is 360 g/mol. The summed E-state index contributed by atoms with van der Waals surface area (Å²) >= 11 is 1.94. The Morgan fingerprint density at radius 2 is 1.93 bits per heavy atom. The summed E-state index contributed by atoms with van der Waals surface area (Å²) in [5.41, 5.74) is 2.79. The number of thioether (sulfide) groups is 1. The minimum absolute atomic E-state index is 0.168. The highest BCUT2D eigenvalue weighted by atomic mass is 32.2. The minimum atomic E-state index is -0.282. The highest BCUT2D eigenvalue weighted by molar-refractivity contribution is 7.99. The zero-order valence-corrected chi connectivity index (χ0v) is 16.3. The quantitative estimate of drug-likeness (QED) is 0.745. The van der Waals surface area contributed by atoms with E-state index < -0.39 is 0 Å². The molecule has 1 fully saturated rings. The second-order valence-electron chi connectivity index (χ2n) is 6.68. The van der Waals surface area contributed by atoms with Gasteiger partial charge in [0.25, 0.3) is 5.91 Å². The fourth-order valence-corrected chi connectivity index (χ4v) is 3.99. The minimum Gasteiger partial charge on any atom is -0.354 e. The Morgan fingerprint density at radius 1 is 1.19 bits per heavy atom. The van der Waals surface area contributed by atoms with Crippen LogP contribution < -0.4 is 10.2 Å². The first kappa shape index (κ1) is 17.8. The maximum Gasteiger partial charge on any atom is 0.289 e. The van der Waals surface area contributed by atoms with E-state index in [2.05, 4.69) is 25.3 Å². The lowest BCUT2D eigenvalue weighted by Crippen LogP contribution is -2.34. The Hall–Kier alpha value is -2.61. The van der Waals surface area contributed by atoms with E-state index in [4.69, 9.17) is 0 Å². The van der Waals surface area contributed by atoms with Crippen LogP contribution in [-0.2, 0) is 13.6 Å². The van der Waals surface area contributed by atoms with Crippen molar-refractivity contribution in [2.75, 3.05) is 29.5 Å². The second kappa shape index (κ2) is 7.56. The summed E-state index contributed by atoms with van der Waals surface area (Å²) in [6.07, 6.45) is 1.92. The Labute approximate surface area is 162 Å². The van der Waals surface area contributed by atoms with Crippen LogP contribution in [0.3, 0.4) is 0 Å². The number of rotatable bonds is 4. The third-order valence-corrected chi connectivity index (χ3v) is 5.50. The molecule has 27 heavy (non-hydrogen) atoms. The number of anilines is 1. The molecule has 2 aromatic heterocycles. The number of aromatic nitrogens is 4. The number of carbonyl (C=O) groups excluding carboxylic acids is 1. The number of nitrogens with zero attached hydrogens (tertiary/aromatic N) is 5. The highest BCUT2D eigenvalue weighted by Crippen LogP contribution is 2.25. The summed E-state index contributed by atoms with van der Waals surface area (Å²) in [6.45, 7) is 4.31. The smallest absolute Gasteiger partial charge is 0.289 e. The standard InChI is InChI=1S/C19H22N6OS/c1-13-3-5-14(6-4-13)11-20-19(26)17-21-16-15(12-24(2)23-16)18(22-17)25-7-9-27-10-8-25/h3-6,12H,7-11H2,1-2H3,(H,20,26). The number of hydrogen-bond donors (Lipinski definition) is 1. The van der Waals surface area contributed by atoms with Gasteiger partial charge in [-0.3, -0.25) is 9.48 Å². The summed E-state index contributed by atoms with van der Waals surface area (Å²) < 4.78 is 1.72. The Balaban J connectivity index is 1.60. The maximum atomic E-state index is 12.7. The average Bonchev–Trinajstić information content (AvgIpc) is 3.07. The number of aryl methyl sites for hydroxylation is 2. The Kier molecular flexibility index (Phi) is 4.98. The molecule has 1 N–H and O–H groups in total. The predicted octanol–water partition coefficient (Wildman–Crippen LogP) is 2.15. The van der Waals surface area contributed by atoms with Gasteiger partial charge in [-0.25, -0.2) is 9.97 Å². The van der Waals surface area contributed by atoms with E-state index in [1.165, 1.54) is 5.56 Å². The predicted molar refractivity (Wildman–Crippen MR) is 108 cm³/mol. The van der Waals surface area contributed by atoms with Crippen LogP contribution in [0, 0.1) is 6.92 Å². The van der Waals surface area contributed by atoms with E-state index in [0.29, 0.717) is 12.2 Å². The number of amides is 1. The van der Waals surface area contributed by atoms with Crippen molar-refractivity contribution < 1.29 is 4.79 Å². The monoisotopic (exact) mass is 382 g/mol. The summed E-state index contributed by atoms with van der Waals surface area (Å²) in [5.74, 6) is 2.80. The second-order valence-corrected chi connectivity index (χ2v) is 7.90. The fourth-order valence-electron chi connectivity index (χ4n) is 3.09. The van der Waals surface area contributed by atoms with Gasteiger partial charge in [-0.15, -0.1) is 0 Å². The topological polar surface area (TPSA) is 75.9 Å². The van der Waals surface area contributed by atoms with Gasteiger partial charge in [-0.05, 0) is 12.5 Å². The van der Waals surface area contributed by atoms with Crippen molar-refractivity contribution in [2.45, 2.75) is 13.5 Å². The first-order valence-electron chi connectivity index (χ1n) is 8.98. The lowest BCUT2D eigenvalue weighted by molar-refractivity contribution is 0.0941. The largest absolute Gasteiger partial charge is 0.354 e. The summed E-state index contributed by atoms with van der Waals surface area (Å²) in [5, 5.41) is 8.20. The normalized spacial score (nSPS) is 14.5. The third-order valence-electron chi connectivity index (χ3n) is 4.56. The summed E-state index contributed by atoms with van der Waals surface area (Å²) in [7, 11) is 1.86. The first-order chi connectivity index (χ1) is 13.1. The van der Waals surface area contributed by atoms with Gasteiger partial charge in [0.05, 0.1) is 5.39 Å². The average molecular weight is 382 g/mol. The molecule has 0 bridgehead atoms.